The van der Waals surface area contributed by atoms with E-state index in [9.17, 15) is 31.1 Å². The highest BCUT2D eigenvalue weighted by Crippen LogP contribution is 2.39. The summed E-state index contributed by atoms with van der Waals surface area (Å²) in [6.07, 6.45) is -9.63. The molecule has 0 unspecified atom stereocenters. The number of benzene rings is 2. The molecule has 0 aliphatic carbocycles. The second-order valence-corrected chi connectivity index (χ2v) is 6.16. The molecule has 3 nitrogen and oxygen atoms in total. The molecule has 0 radical (unpaired) electrons. The Morgan fingerprint density at radius 1 is 0.966 bits per heavy atom. The Kier molecular flexibility index (Phi) is 6.81. The number of alkyl halides is 6. The molecule has 0 N–H and O–H groups in total. The molecule has 0 saturated heterocycles. The lowest BCUT2D eigenvalue weighted by Crippen LogP contribution is -2.16. The molecular weight excluding hydrogens is 402 g/mol. The fraction of sp³-hybridized carbons (Fsp3) is 0.350. The maximum Gasteiger partial charge on any atom is 0.419 e. The first kappa shape index (κ1) is 22.6. The summed E-state index contributed by atoms with van der Waals surface area (Å²) in [5.41, 5.74) is -2.20. The summed E-state index contributed by atoms with van der Waals surface area (Å²) >= 11 is 0. The van der Waals surface area contributed by atoms with E-state index in [2.05, 4.69) is 4.74 Å². The molecule has 2 aromatic carbocycles. The van der Waals surface area contributed by atoms with Crippen LogP contribution >= 0.6 is 0 Å². The van der Waals surface area contributed by atoms with Crippen molar-refractivity contribution < 1.29 is 40.6 Å². The van der Waals surface area contributed by atoms with E-state index >= 15 is 0 Å². The van der Waals surface area contributed by atoms with Crippen LogP contribution in [0.15, 0.2) is 36.4 Å². The van der Waals surface area contributed by atoms with Gasteiger partial charge < -0.3 is 9.47 Å². The van der Waals surface area contributed by atoms with E-state index < -0.39 is 53.8 Å². The van der Waals surface area contributed by atoms with Gasteiger partial charge in [-0.1, -0.05) is 25.1 Å². The third kappa shape index (κ3) is 5.65. The van der Waals surface area contributed by atoms with Gasteiger partial charge in [-0.2, -0.15) is 26.3 Å². The summed E-state index contributed by atoms with van der Waals surface area (Å²) in [5, 5.41) is 0. The monoisotopic (exact) mass is 420 g/mol. The van der Waals surface area contributed by atoms with Crippen LogP contribution < -0.4 is 4.74 Å². The molecule has 0 saturated carbocycles. The standard InChI is InChI=1S/C20H18F6O3/c1-3-12-7-8-17(16(9-12)20(24,25)26)29-11-14-13(10-18(27)28-2)5-4-6-15(14)19(21,22)23/h4-9H,3,10-11H2,1-2H3. The van der Waals surface area contributed by atoms with Crippen molar-refractivity contribution in [3.8, 4) is 5.75 Å². The first-order chi connectivity index (χ1) is 13.5. The van der Waals surface area contributed by atoms with Gasteiger partial charge in [0.1, 0.15) is 12.4 Å². The van der Waals surface area contributed by atoms with E-state index in [0.717, 1.165) is 31.4 Å². The van der Waals surface area contributed by atoms with Crippen LogP contribution in [0.5, 0.6) is 5.75 Å². The van der Waals surface area contributed by atoms with Crippen molar-refractivity contribution >= 4 is 5.97 Å². The lowest BCUT2D eigenvalue weighted by atomic mass is 9.98. The second-order valence-electron chi connectivity index (χ2n) is 6.16. The van der Waals surface area contributed by atoms with Crippen molar-refractivity contribution in [3.63, 3.8) is 0 Å². The third-order valence-electron chi connectivity index (χ3n) is 4.27. The van der Waals surface area contributed by atoms with Crippen LogP contribution in [-0.4, -0.2) is 13.1 Å². The highest BCUT2D eigenvalue weighted by atomic mass is 19.4. The number of aryl methyl sites for hydroxylation is 1. The average Bonchev–Trinajstić information content (AvgIpc) is 2.65. The number of hydrogen-bond donors (Lipinski definition) is 0. The van der Waals surface area contributed by atoms with Crippen LogP contribution in [0.3, 0.4) is 0 Å². The lowest BCUT2D eigenvalue weighted by Gasteiger charge is -2.19. The van der Waals surface area contributed by atoms with E-state index in [-0.39, 0.29) is 5.56 Å². The van der Waals surface area contributed by atoms with Crippen molar-refractivity contribution in [2.75, 3.05) is 7.11 Å². The van der Waals surface area contributed by atoms with E-state index in [1.54, 1.807) is 6.92 Å². The van der Waals surface area contributed by atoms with Gasteiger partial charge in [-0.15, -0.1) is 0 Å². The predicted molar refractivity (Wildman–Crippen MR) is 92.3 cm³/mol. The Labute approximate surface area is 163 Å². The van der Waals surface area contributed by atoms with Crippen molar-refractivity contribution in [1.29, 1.82) is 0 Å². The van der Waals surface area contributed by atoms with Gasteiger partial charge in [-0.3, -0.25) is 4.79 Å². The van der Waals surface area contributed by atoms with E-state index in [1.807, 2.05) is 0 Å². The quantitative estimate of drug-likeness (QED) is 0.452. The minimum Gasteiger partial charge on any atom is -0.488 e. The Morgan fingerprint density at radius 3 is 2.17 bits per heavy atom. The van der Waals surface area contributed by atoms with Crippen molar-refractivity contribution in [1.82, 2.24) is 0 Å². The van der Waals surface area contributed by atoms with Crippen LogP contribution in [0.2, 0.25) is 0 Å². The van der Waals surface area contributed by atoms with E-state index in [1.165, 1.54) is 12.1 Å². The third-order valence-corrected chi connectivity index (χ3v) is 4.27. The van der Waals surface area contributed by atoms with Gasteiger partial charge in [0.15, 0.2) is 0 Å². The topological polar surface area (TPSA) is 35.5 Å². The highest BCUT2D eigenvalue weighted by Gasteiger charge is 2.36. The Balaban J connectivity index is 2.45. The molecule has 0 heterocycles. The zero-order chi connectivity index (χ0) is 21.8. The molecule has 0 fully saturated rings. The smallest absolute Gasteiger partial charge is 0.419 e. The van der Waals surface area contributed by atoms with Gasteiger partial charge >= 0.3 is 18.3 Å². The molecule has 0 bridgehead atoms. The first-order valence-corrected chi connectivity index (χ1v) is 8.55. The predicted octanol–water partition coefficient (Wildman–Crippen LogP) is 5.58. The number of esters is 1. The fourth-order valence-electron chi connectivity index (χ4n) is 2.76. The molecule has 0 aliphatic heterocycles. The lowest BCUT2D eigenvalue weighted by molar-refractivity contribution is -0.141. The number of halogens is 6. The van der Waals surface area contributed by atoms with Gasteiger partial charge in [0.2, 0.25) is 0 Å². The molecule has 0 aromatic heterocycles. The van der Waals surface area contributed by atoms with Crippen LogP contribution in [0.1, 0.15) is 34.7 Å². The highest BCUT2D eigenvalue weighted by molar-refractivity contribution is 5.73. The summed E-state index contributed by atoms with van der Waals surface area (Å²) in [6.45, 7) is 0.880. The number of ether oxygens (including phenoxy) is 2. The molecule has 2 aromatic rings. The minimum atomic E-state index is -4.77. The molecule has 29 heavy (non-hydrogen) atoms. The van der Waals surface area contributed by atoms with Crippen LogP contribution in [0.4, 0.5) is 26.3 Å². The van der Waals surface area contributed by atoms with Gasteiger partial charge in [-0.25, -0.2) is 0 Å². The molecule has 0 amide bonds. The normalized spacial score (nSPS) is 12.0. The molecular formula is C20H18F6O3. The Morgan fingerprint density at radius 2 is 1.62 bits per heavy atom. The van der Waals surface area contributed by atoms with E-state index in [0.29, 0.717) is 12.0 Å². The fourth-order valence-corrected chi connectivity index (χ4v) is 2.76. The number of rotatable bonds is 6. The summed E-state index contributed by atoms with van der Waals surface area (Å²) in [6, 6.07) is 6.57. The summed E-state index contributed by atoms with van der Waals surface area (Å²) in [7, 11) is 1.08. The van der Waals surface area contributed by atoms with Crippen LogP contribution in [0, 0.1) is 0 Å². The average molecular weight is 420 g/mol. The second kappa shape index (κ2) is 8.75. The SMILES string of the molecule is CCc1ccc(OCc2c(CC(=O)OC)cccc2C(F)(F)F)c(C(F)(F)F)c1. The van der Waals surface area contributed by atoms with Crippen LogP contribution in [0.25, 0.3) is 0 Å². The van der Waals surface area contributed by atoms with Gasteiger partial charge in [-0.05, 0) is 35.7 Å². The largest absolute Gasteiger partial charge is 0.488 e. The van der Waals surface area contributed by atoms with Crippen molar-refractivity contribution in [2.24, 2.45) is 0 Å². The van der Waals surface area contributed by atoms with E-state index in [4.69, 9.17) is 4.74 Å². The molecule has 9 heteroatoms. The number of methoxy groups -OCH3 is 1. The Bertz CT molecular complexity index is 871. The van der Waals surface area contributed by atoms with Gasteiger partial charge in [0, 0.05) is 5.56 Å². The van der Waals surface area contributed by atoms with Crippen LogP contribution in [-0.2, 0) is 41.3 Å². The molecule has 2 rings (SSSR count). The molecule has 0 spiro atoms. The zero-order valence-electron chi connectivity index (χ0n) is 15.6. The number of carbonyl (C=O) groups excluding carboxylic acids is 1. The van der Waals surface area contributed by atoms with Gasteiger partial charge in [0.05, 0.1) is 24.7 Å². The minimum absolute atomic E-state index is 0.0367. The first-order valence-electron chi connectivity index (χ1n) is 8.55. The zero-order valence-corrected chi connectivity index (χ0v) is 15.6. The molecule has 158 valence electrons. The summed E-state index contributed by atoms with van der Waals surface area (Å²) in [4.78, 5) is 11.5. The summed E-state index contributed by atoms with van der Waals surface area (Å²) < 4.78 is 89.8. The van der Waals surface area contributed by atoms with Gasteiger partial charge in [0.25, 0.3) is 0 Å². The van der Waals surface area contributed by atoms with Crippen molar-refractivity contribution in [3.05, 3.63) is 64.2 Å². The summed E-state index contributed by atoms with van der Waals surface area (Å²) in [5.74, 6) is -1.37. The maximum atomic E-state index is 13.4. The molecule has 0 aliphatic rings. The molecule has 0 atom stereocenters. The van der Waals surface area contributed by atoms with Crippen molar-refractivity contribution in [2.45, 2.75) is 38.7 Å². The number of hydrogen-bond acceptors (Lipinski definition) is 3. The number of carbonyl (C=O) groups is 1. The maximum absolute atomic E-state index is 13.4. The Hall–Kier alpha value is -2.71.